The van der Waals surface area contributed by atoms with Gasteiger partial charge in [0, 0.05) is 10.4 Å². The zero-order chi connectivity index (χ0) is 12.9. The first kappa shape index (κ1) is 10.5. The molecule has 4 heteroatoms. The monoisotopic (exact) mass is 240 g/mol. The molecule has 0 fully saturated rings. The molecule has 0 heterocycles. The first-order valence-corrected chi connectivity index (χ1v) is 5.34. The van der Waals surface area contributed by atoms with Crippen molar-refractivity contribution >= 4 is 33.9 Å². The number of carbonyl (C=O) groups is 2. The van der Waals surface area contributed by atoms with Crippen LogP contribution >= 0.6 is 0 Å². The molecule has 0 bridgehead atoms. The lowest BCUT2D eigenvalue weighted by Gasteiger charge is -2.08. The van der Waals surface area contributed by atoms with Crippen molar-refractivity contribution in [2.75, 3.05) is 0 Å². The molecule has 18 heavy (non-hydrogen) atoms. The highest BCUT2D eigenvalue weighted by molar-refractivity contribution is 6.61. The number of hydrogen-bond acceptors (Lipinski definition) is 4. The molecule has 0 atom stereocenters. The molecule has 2 aromatic rings. The minimum Gasteiger partial charge on any atom is -0.504 e. The predicted molar refractivity (Wildman–Crippen MR) is 65.3 cm³/mol. The SMILES string of the molecule is O=C1C(=O)C(O)=c2cc3ccccc3cc2=C1O. The summed E-state index contributed by atoms with van der Waals surface area (Å²) in [5.74, 6) is -3.37. The van der Waals surface area contributed by atoms with Crippen LogP contribution in [0, 0.1) is 0 Å². The van der Waals surface area contributed by atoms with Crippen molar-refractivity contribution in [2.24, 2.45) is 0 Å². The van der Waals surface area contributed by atoms with Crippen LogP contribution in [0.4, 0.5) is 0 Å². The van der Waals surface area contributed by atoms with Crippen molar-refractivity contribution in [1.82, 2.24) is 0 Å². The van der Waals surface area contributed by atoms with E-state index < -0.39 is 23.1 Å². The molecule has 3 rings (SSSR count). The average molecular weight is 240 g/mol. The van der Waals surface area contributed by atoms with Gasteiger partial charge in [-0.25, -0.2) is 0 Å². The van der Waals surface area contributed by atoms with Gasteiger partial charge in [-0.3, -0.25) is 9.59 Å². The summed E-state index contributed by atoms with van der Waals surface area (Å²) in [4.78, 5) is 22.8. The van der Waals surface area contributed by atoms with E-state index in [0.29, 0.717) is 0 Å². The van der Waals surface area contributed by atoms with Crippen molar-refractivity contribution in [2.45, 2.75) is 0 Å². The Morgan fingerprint density at radius 3 is 1.50 bits per heavy atom. The lowest BCUT2D eigenvalue weighted by Crippen LogP contribution is -2.40. The summed E-state index contributed by atoms with van der Waals surface area (Å²) in [5.41, 5.74) is 0. The molecule has 0 spiro atoms. The maximum Gasteiger partial charge on any atom is 0.271 e. The van der Waals surface area contributed by atoms with E-state index in [4.69, 9.17) is 0 Å². The average Bonchev–Trinajstić information content (AvgIpc) is 2.41. The largest absolute Gasteiger partial charge is 0.504 e. The van der Waals surface area contributed by atoms with E-state index >= 15 is 0 Å². The second kappa shape index (κ2) is 3.43. The smallest absolute Gasteiger partial charge is 0.271 e. The van der Waals surface area contributed by atoms with Crippen molar-refractivity contribution in [3.63, 3.8) is 0 Å². The molecule has 2 aromatic carbocycles. The van der Waals surface area contributed by atoms with Crippen LogP contribution in [0.25, 0.3) is 22.3 Å². The summed E-state index contributed by atoms with van der Waals surface area (Å²) >= 11 is 0. The number of benzene rings is 2. The minimum absolute atomic E-state index is 0.191. The molecule has 2 N–H and O–H groups in total. The van der Waals surface area contributed by atoms with Gasteiger partial charge in [0.15, 0.2) is 11.5 Å². The molecule has 0 radical (unpaired) electrons. The van der Waals surface area contributed by atoms with Crippen LogP contribution in [-0.2, 0) is 9.59 Å². The maximum absolute atomic E-state index is 11.4. The van der Waals surface area contributed by atoms with E-state index in [-0.39, 0.29) is 10.4 Å². The summed E-state index contributed by atoms with van der Waals surface area (Å²) in [6, 6.07) is 10.5. The van der Waals surface area contributed by atoms with Crippen LogP contribution in [0.15, 0.2) is 36.4 Å². The lowest BCUT2D eigenvalue weighted by atomic mass is 9.99. The number of fused-ring (bicyclic) bond motifs is 2. The van der Waals surface area contributed by atoms with E-state index in [9.17, 15) is 19.8 Å². The lowest BCUT2D eigenvalue weighted by molar-refractivity contribution is -0.131. The molecule has 0 saturated heterocycles. The number of ketones is 2. The van der Waals surface area contributed by atoms with Gasteiger partial charge in [0.2, 0.25) is 0 Å². The molecule has 0 unspecified atom stereocenters. The van der Waals surface area contributed by atoms with Gasteiger partial charge in [-0.15, -0.1) is 0 Å². The standard InChI is InChI=1S/C14H8O4/c15-11-9-5-7-3-1-2-4-8(7)6-10(9)12(16)14(18)13(11)17/h1-6,15-16H. The Morgan fingerprint density at radius 2 is 1.11 bits per heavy atom. The Kier molecular flexibility index (Phi) is 2.01. The first-order chi connectivity index (χ1) is 8.59. The Labute approximate surface area is 101 Å². The normalized spacial score (nSPS) is 15.1. The summed E-state index contributed by atoms with van der Waals surface area (Å²) in [6.07, 6.45) is 0. The van der Waals surface area contributed by atoms with Gasteiger partial charge < -0.3 is 10.2 Å². The summed E-state index contributed by atoms with van der Waals surface area (Å²) in [6.45, 7) is 0. The fourth-order valence-corrected chi connectivity index (χ4v) is 2.09. The second-order valence-electron chi connectivity index (χ2n) is 4.10. The van der Waals surface area contributed by atoms with E-state index in [2.05, 4.69) is 0 Å². The highest BCUT2D eigenvalue weighted by Crippen LogP contribution is 2.11. The van der Waals surface area contributed by atoms with E-state index in [0.717, 1.165) is 10.8 Å². The summed E-state index contributed by atoms with van der Waals surface area (Å²) in [5, 5.41) is 21.4. The molecule has 0 aromatic heterocycles. The van der Waals surface area contributed by atoms with Gasteiger partial charge in [0.25, 0.3) is 11.6 Å². The molecule has 1 aliphatic rings. The summed E-state index contributed by atoms with van der Waals surface area (Å²) in [7, 11) is 0. The Balaban J connectivity index is 2.62. The topological polar surface area (TPSA) is 74.6 Å². The van der Waals surface area contributed by atoms with Gasteiger partial charge in [0.1, 0.15) is 0 Å². The van der Waals surface area contributed by atoms with Crippen molar-refractivity contribution in [3.05, 3.63) is 46.8 Å². The molecule has 1 aliphatic carbocycles. The van der Waals surface area contributed by atoms with Gasteiger partial charge in [-0.2, -0.15) is 0 Å². The predicted octanol–water partition coefficient (Wildman–Crippen LogP) is 0.324. The van der Waals surface area contributed by atoms with Gasteiger partial charge in [-0.05, 0) is 22.9 Å². The van der Waals surface area contributed by atoms with Crippen LogP contribution in [0.5, 0.6) is 0 Å². The molecule has 0 aliphatic heterocycles. The van der Waals surface area contributed by atoms with Crippen LogP contribution in [-0.4, -0.2) is 21.8 Å². The minimum atomic E-state index is -1.07. The quantitative estimate of drug-likeness (QED) is 0.650. The van der Waals surface area contributed by atoms with Gasteiger partial charge in [0.05, 0.1) is 0 Å². The van der Waals surface area contributed by atoms with Crippen LogP contribution in [0.1, 0.15) is 0 Å². The zero-order valence-electron chi connectivity index (χ0n) is 9.18. The van der Waals surface area contributed by atoms with E-state index in [1.54, 1.807) is 12.1 Å². The fraction of sp³-hybridized carbons (Fsp3) is 0. The molecular weight excluding hydrogens is 232 g/mol. The molecule has 88 valence electrons. The zero-order valence-corrected chi connectivity index (χ0v) is 9.18. The molecular formula is C14H8O4. The fourth-order valence-electron chi connectivity index (χ4n) is 2.09. The second-order valence-corrected chi connectivity index (χ2v) is 4.10. The first-order valence-electron chi connectivity index (χ1n) is 5.34. The third-order valence-corrected chi connectivity index (χ3v) is 3.03. The number of carbonyl (C=O) groups excluding carboxylic acids is 2. The highest BCUT2D eigenvalue weighted by atomic mass is 16.3. The number of aliphatic hydroxyl groups excluding tert-OH is 2. The number of hydrogen-bond donors (Lipinski definition) is 2. The van der Waals surface area contributed by atoms with Gasteiger partial charge >= 0.3 is 0 Å². The van der Waals surface area contributed by atoms with Crippen LogP contribution < -0.4 is 10.4 Å². The van der Waals surface area contributed by atoms with E-state index in [1.165, 1.54) is 0 Å². The third-order valence-electron chi connectivity index (χ3n) is 3.03. The highest BCUT2D eigenvalue weighted by Gasteiger charge is 2.28. The van der Waals surface area contributed by atoms with Crippen molar-refractivity contribution in [3.8, 4) is 0 Å². The van der Waals surface area contributed by atoms with Crippen LogP contribution in [0.3, 0.4) is 0 Å². The Bertz CT molecular complexity index is 760. The third kappa shape index (κ3) is 1.26. The number of rotatable bonds is 0. The summed E-state index contributed by atoms with van der Waals surface area (Å²) < 4.78 is 0. The van der Waals surface area contributed by atoms with Crippen molar-refractivity contribution in [1.29, 1.82) is 0 Å². The van der Waals surface area contributed by atoms with Crippen molar-refractivity contribution < 1.29 is 19.8 Å². The Morgan fingerprint density at radius 1 is 0.722 bits per heavy atom. The number of aliphatic hydroxyl groups is 2. The molecule has 4 nitrogen and oxygen atoms in total. The van der Waals surface area contributed by atoms with Gasteiger partial charge in [-0.1, -0.05) is 24.3 Å². The van der Waals surface area contributed by atoms with Crippen LogP contribution in [0.2, 0.25) is 0 Å². The molecule has 0 saturated carbocycles. The maximum atomic E-state index is 11.4. The number of Topliss-reactive ketones (excluding diaryl/α,β-unsaturated/α-hetero) is 2. The van der Waals surface area contributed by atoms with E-state index in [1.807, 2.05) is 24.3 Å². The molecule has 0 amide bonds. The Hall–Kier alpha value is -2.62.